The molecule has 0 amide bonds. The normalized spacial score (nSPS) is 11.4. The number of anilines is 1. The van der Waals surface area contributed by atoms with Crippen molar-refractivity contribution in [2.45, 2.75) is 14.0 Å². The van der Waals surface area contributed by atoms with Gasteiger partial charge in [-0.3, -0.25) is 13.3 Å². The second-order valence-corrected chi connectivity index (χ2v) is 3.90. The van der Waals surface area contributed by atoms with Crippen LogP contribution in [-0.4, -0.2) is 26.4 Å². The van der Waals surface area contributed by atoms with Gasteiger partial charge >= 0.3 is 5.97 Å². The van der Waals surface area contributed by atoms with Gasteiger partial charge in [0.05, 0.1) is 0 Å². The van der Waals surface area contributed by atoms with Crippen molar-refractivity contribution in [2.24, 2.45) is 5.73 Å². The predicted octanol–water partition coefficient (Wildman–Crippen LogP) is 0.467. The fourth-order valence-electron chi connectivity index (χ4n) is 1.19. The van der Waals surface area contributed by atoms with E-state index < -0.39 is 23.8 Å². The largest absolute Gasteiger partial charge is 0.755 e. The second-order valence-electron chi connectivity index (χ2n) is 3.02. The highest BCUT2D eigenvalue weighted by molar-refractivity contribution is 7.80. The molecule has 0 radical (unpaired) electrons. The summed E-state index contributed by atoms with van der Waals surface area (Å²) in [6.45, 7) is -0.343. The molecule has 1 rings (SSSR count). The molecule has 1 aromatic rings. The number of benzene rings is 1. The van der Waals surface area contributed by atoms with Crippen LogP contribution >= 0.6 is 0 Å². The molecule has 17 heavy (non-hydrogen) atoms. The molecule has 0 saturated carbocycles. The number of carboxylic acids is 1. The Hall–Kier alpha value is -1.44. The fraction of sp³-hybridized carbons (Fsp3) is 0.300. The Morgan fingerprint density at radius 2 is 2.18 bits per heavy atom. The number of aliphatic carboxylic acids is 1. The summed E-state index contributed by atoms with van der Waals surface area (Å²) in [6, 6.07) is 6.41. The lowest BCUT2D eigenvalue weighted by atomic mass is 10.2. The Balaban J connectivity index is 0.00000256. The van der Waals surface area contributed by atoms with Gasteiger partial charge in [-0.15, -0.1) is 0 Å². The van der Waals surface area contributed by atoms with Gasteiger partial charge in [0.25, 0.3) is 0 Å². The molecule has 3 N–H and O–H groups in total. The van der Waals surface area contributed by atoms with E-state index in [0.717, 1.165) is 9.87 Å². The molecule has 0 spiro atoms. The zero-order valence-corrected chi connectivity index (χ0v) is 9.14. The Morgan fingerprint density at radius 3 is 2.65 bits per heavy atom. The Bertz CT molecular complexity index is 411. The van der Waals surface area contributed by atoms with Crippen LogP contribution in [-0.2, 0) is 22.6 Å². The van der Waals surface area contributed by atoms with Crippen molar-refractivity contribution in [3.05, 3.63) is 29.8 Å². The van der Waals surface area contributed by atoms with Crippen LogP contribution in [0.2, 0.25) is 0 Å². The molecule has 0 heterocycles. The van der Waals surface area contributed by atoms with Crippen molar-refractivity contribution >= 4 is 22.9 Å². The van der Waals surface area contributed by atoms with Crippen LogP contribution in [0.15, 0.2) is 24.3 Å². The maximum Gasteiger partial charge on any atom is 0.324 e. The van der Waals surface area contributed by atoms with E-state index >= 15 is 0 Å². The van der Waals surface area contributed by atoms with Gasteiger partial charge in [-0.05, 0) is 17.7 Å². The van der Waals surface area contributed by atoms with Gasteiger partial charge in [0.15, 0.2) is 0 Å². The van der Waals surface area contributed by atoms with E-state index in [1.54, 1.807) is 18.2 Å². The van der Waals surface area contributed by atoms with Gasteiger partial charge in [0.1, 0.15) is 6.54 Å². The topological polar surface area (TPSA) is 107 Å². The summed E-state index contributed by atoms with van der Waals surface area (Å²) in [6.07, 6.45) is 0. The highest BCUT2D eigenvalue weighted by atomic mass is 32.2. The lowest BCUT2D eigenvalue weighted by molar-refractivity contribution is -0.135. The average Bonchev–Trinajstić information content (AvgIpc) is 2.25. The maximum absolute atomic E-state index is 10.9. The lowest BCUT2D eigenvalue weighted by Crippen LogP contribution is -2.31. The van der Waals surface area contributed by atoms with Crippen molar-refractivity contribution < 1.29 is 18.7 Å². The molecule has 96 valence electrons. The van der Waals surface area contributed by atoms with Crippen molar-refractivity contribution in [1.29, 1.82) is 0 Å². The van der Waals surface area contributed by atoms with Gasteiger partial charge in [-0.2, -0.15) is 0 Å². The van der Waals surface area contributed by atoms with Crippen LogP contribution in [0.5, 0.6) is 0 Å². The minimum atomic E-state index is -2.62. The van der Waals surface area contributed by atoms with Crippen LogP contribution in [0.4, 0.5) is 5.69 Å². The quantitative estimate of drug-likeness (QED) is 0.747. The van der Waals surface area contributed by atoms with Gasteiger partial charge in [-0.1, -0.05) is 19.6 Å². The van der Waals surface area contributed by atoms with E-state index in [4.69, 9.17) is 10.8 Å². The number of rotatable bonds is 5. The monoisotopic (exact) mass is 259 g/mol. The molecular formula is C10H15N2O4S-. The first-order valence-corrected chi connectivity index (χ1v) is 5.45. The molecule has 0 aliphatic carbocycles. The Kier molecular flexibility index (Phi) is 6.40. The molecule has 1 aromatic carbocycles. The van der Waals surface area contributed by atoms with E-state index in [1.807, 2.05) is 0 Å². The lowest BCUT2D eigenvalue weighted by Gasteiger charge is -2.24. The zero-order valence-electron chi connectivity index (χ0n) is 8.33. The third-order valence-electron chi connectivity index (χ3n) is 1.89. The molecular weight excluding hydrogens is 244 g/mol. The third-order valence-corrected chi connectivity index (χ3v) is 2.59. The van der Waals surface area contributed by atoms with Crippen molar-refractivity contribution in [3.8, 4) is 0 Å². The van der Waals surface area contributed by atoms with E-state index in [9.17, 15) is 13.6 Å². The third kappa shape index (κ3) is 4.51. The molecule has 7 heteroatoms. The first-order chi connectivity index (χ1) is 7.54. The Morgan fingerprint density at radius 1 is 1.53 bits per heavy atom. The van der Waals surface area contributed by atoms with Crippen LogP contribution in [0.1, 0.15) is 13.0 Å². The summed E-state index contributed by atoms with van der Waals surface area (Å²) in [5.74, 6) is -1.22. The minimum Gasteiger partial charge on any atom is -0.755 e. The number of carbonyl (C=O) groups is 1. The van der Waals surface area contributed by atoms with Crippen LogP contribution in [0, 0.1) is 0 Å². The molecule has 1 unspecified atom stereocenters. The predicted molar refractivity (Wildman–Crippen MR) is 65.0 cm³/mol. The minimum absolute atomic E-state index is 0. The van der Waals surface area contributed by atoms with Crippen molar-refractivity contribution in [1.82, 2.24) is 0 Å². The summed E-state index contributed by atoms with van der Waals surface area (Å²) in [7, 11) is 0. The SMILES string of the molecule is C.NCc1cccc(N(CC(=O)O)S(=O)[O-])c1. The van der Waals surface area contributed by atoms with Crippen LogP contribution < -0.4 is 10.0 Å². The molecule has 0 fully saturated rings. The standard InChI is InChI=1S/C9H12N2O4S.CH4/c10-5-7-2-1-3-8(4-7)11(16(14)15)6-9(12)13;/h1-4H,5-6,10H2,(H,12,13)(H,14,15);1H4/p-1. The van der Waals surface area contributed by atoms with Gasteiger partial charge < -0.3 is 15.4 Å². The molecule has 1 atom stereocenters. The van der Waals surface area contributed by atoms with Crippen molar-refractivity contribution in [2.75, 3.05) is 10.8 Å². The Labute approximate surface area is 102 Å². The van der Waals surface area contributed by atoms with Crippen molar-refractivity contribution in [3.63, 3.8) is 0 Å². The van der Waals surface area contributed by atoms with E-state index in [-0.39, 0.29) is 14.0 Å². The number of carboxylic acid groups (broad SMARTS) is 1. The summed E-state index contributed by atoms with van der Waals surface area (Å²) in [4.78, 5) is 10.5. The number of hydrogen-bond donors (Lipinski definition) is 2. The molecule has 0 aromatic heterocycles. The summed E-state index contributed by atoms with van der Waals surface area (Å²) >= 11 is -2.62. The fourth-order valence-corrected chi connectivity index (χ4v) is 1.69. The molecule has 6 nitrogen and oxygen atoms in total. The number of hydrogen-bond acceptors (Lipinski definition) is 4. The molecule has 0 bridgehead atoms. The summed E-state index contributed by atoms with van der Waals surface area (Å²) < 4.78 is 22.5. The molecule has 0 aliphatic rings. The van der Waals surface area contributed by atoms with E-state index in [0.29, 0.717) is 5.69 Å². The average molecular weight is 259 g/mol. The van der Waals surface area contributed by atoms with E-state index in [2.05, 4.69) is 0 Å². The first kappa shape index (κ1) is 15.6. The highest BCUT2D eigenvalue weighted by Crippen LogP contribution is 2.16. The summed E-state index contributed by atoms with van der Waals surface area (Å²) in [5.41, 5.74) is 6.43. The number of nitrogens with zero attached hydrogens (tertiary/aromatic N) is 1. The van der Waals surface area contributed by atoms with E-state index in [1.165, 1.54) is 6.07 Å². The summed E-state index contributed by atoms with van der Waals surface area (Å²) in [5, 5.41) is 8.58. The highest BCUT2D eigenvalue weighted by Gasteiger charge is 2.11. The second kappa shape index (κ2) is 7.00. The zero-order chi connectivity index (χ0) is 12.1. The molecule has 0 aliphatic heterocycles. The maximum atomic E-state index is 10.9. The van der Waals surface area contributed by atoms with Gasteiger partial charge in [0.2, 0.25) is 0 Å². The smallest absolute Gasteiger partial charge is 0.324 e. The number of nitrogens with two attached hydrogens (primary N) is 1. The van der Waals surface area contributed by atoms with Crippen LogP contribution in [0.3, 0.4) is 0 Å². The van der Waals surface area contributed by atoms with Gasteiger partial charge in [-0.25, -0.2) is 0 Å². The first-order valence-electron chi connectivity index (χ1n) is 4.42. The van der Waals surface area contributed by atoms with Gasteiger partial charge in [0, 0.05) is 23.5 Å². The van der Waals surface area contributed by atoms with Crippen LogP contribution in [0.25, 0.3) is 0 Å². The molecule has 0 saturated heterocycles.